The summed E-state index contributed by atoms with van der Waals surface area (Å²) in [6.45, 7) is -0.438. The Labute approximate surface area is 155 Å². The first kappa shape index (κ1) is 18.5. The number of carbonyl (C=O) groups is 2. The van der Waals surface area contributed by atoms with Gasteiger partial charge in [0.05, 0.1) is 6.54 Å². The van der Waals surface area contributed by atoms with Crippen LogP contribution in [0, 0.1) is 0 Å². The fraction of sp³-hybridized carbons (Fsp3) is 0.118. The second-order valence-electron chi connectivity index (χ2n) is 5.58. The van der Waals surface area contributed by atoms with Crippen molar-refractivity contribution < 1.29 is 18.0 Å². The Kier molecular flexibility index (Phi) is 5.19. The number of aromatic nitrogens is 2. The van der Waals surface area contributed by atoms with E-state index in [1.807, 2.05) is 0 Å². The molecule has 2 heterocycles. The van der Waals surface area contributed by atoms with Crippen molar-refractivity contribution >= 4 is 38.6 Å². The molecule has 0 spiro atoms. The molecule has 0 aliphatic carbocycles. The summed E-state index contributed by atoms with van der Waals surface area (Å²) < 4.78 is 27.1. The average molecular weight is 387 g/mol. The number of nitrogens with one attached hydrogen (secondary N) is 4. The number of nitrogens with zero attached hydrogens (tertiary/aromatic N) is 1. The fourth-order valence-electron chi connectivity index (χ4n) is 2.45. The molecular formula is C17H17N5O4S. The number of sulfonamides is 1. The van der Waals surface area contributed by atoms with Crippen molar-refractivity contribution in [2.45, 2.75) is 4.90 Å². The van der Waals surface area contributed by atoms with Crippen LogP contribution in [0.25, 0.3) is 11.0 Å². The lowest BCUT2D eigenvalue weighted by atomic mass is 10.2. The number of carbonyl (C=O) groups excluding carboxylic acids is 2. The molecular weight excluding hydrogens is 370 g/mol. The predicted molar refractivity (Wildman–Crippen MR) is 99.7 cm³/mol. The van der Waals surface area contributed by atoms with Gasteiger partial charge in [-0.2, -0.15) is 0 Å². The van der Waals surface area contributed by atoms with Gasteiger partial charge in [-0.05, 0) is 36.4 Å². The van der Waals surface area contributed by atoms with E-state index in [0.29, 0.717) is 22.3 Å². The van der Waals surface area contributed by atoms with E-state index >= 15 is 0 Å². The summed E-state index contributed by atoms with van der Waals surface area (Å²) in [5.41, 5.74) is 1.34. The molecule has 10 heteroatoms. The van der Waals surface area contributed by atoms with Crippen LogP contribution >= 0.6 is 0 Å². The molecule has 2 aromatic heterocycles. The lowest BCUT2D eigenvalue weighted by Crippen LogP contribution is -2.32. The molecule has 140 valence electrons. The van der Waals surface area contributed by atoms with E-state index in [4.69, 9.17) is 0 Å². The van der Waals surface area contributed by atoms with E-state index in [0.717, 1.165) is 0 Å². The number of H-pyrrole nitrogens is 1. The Morgan fingerprint density at radius 3 is 2.59 bits per heavy atom. The van der Waals surface area contributed by atoms with Crippen molar-refractivity contribution in [1.29, 1.82) is 0 Å². The first-order valence-corrected chi connectivity index (χ1v) is 9.43. The molecule has 1 aromatic carbocycles. The van der Waals surface area contributed by atoms with Crippen LogP contribution in [0.2, 0.25) is 0 Å². The zero-order chi connectivity index (χ0) is 19.4. The fourth-order valence-corrected chi connectivity index (χ4v) is 3.59. The topological polar surface area (TPSA) is 133 Å². The summed E-state index contributed by atoms with van der Waals surface area (Å²) in [5, 5.41) is 5.50. The highest BCUT2D eigenvalue weighted by Gasteiger charge is 2.20. The molecule has 0 atom stereocenters. The van der Waals surface area contributed by atoms with Crippen molar-refractivity contribution in [2.24, 2.45) is 0 Å². The minimum Gasteiger partial charge on any atom is -0.355 e. The van der Waals surface area contributed by atoms with Crippen molar-refractivity contribution in [2.75, 3.05) is 18.9 Å². The monoisotopic (exact) mass is 387 g/mol. The summed E-state index contributed by atoms with van der Waals surface area (Å²) in [4.78, 5) is 30.3. The zero-order valence-electron chi connectivity index (χ0n) is 14.3. The van der Waals surface area contributed by atoms with Crippen LogP contribution in [-0.2, 0) is 14.8 Å². The molecule has 0 aliphatic rings. The standard InChI is InChI=1S/C17H17N5O4S/c1-18-17(24)11-4-6-12(7-5-11)22-15(23)10-21-27(25,26)14-9-20-16-13(14)3-2-8-19-16/h2-9,21H,10H2,1H3,(H,18,24)(H,19,20)(H,22,23). The number of anilines is 1. The van der Waals surface area contributed by atoms with Gasteiger partial charge < -0.3 is 15.6 Å². The smallest absolute Gasteiger partial charge is 0.251 e. The number of pyridine rings is 1. The summed E-state index contributed by atoms with van der Waals surface area (Å²) in [6.07, 6.45) is 2.88. The highest BCUT2D eigenvalue weighted by Crippen LogP contribution is 2.20. The molecule has 9 nitrogen and oxygen atoms in total. The first-order chi connectivity index (χ1) is 12.9. The number of hydrogen-bond donors (Lipinski definition) is 4. The summed E-state index contributed by atoms with van der Waals surface area (Å²) in [6, 6.07) is 9.48. The van der Waals surface area contributed by atoms with E-state index < -0.39 is 22.5 Å². The number of fused-ring (bicyclic) bond motifs is 1. The van der Waals surface area contributed by atoms with E-state index in [1.54, 1.807) is 42.6 Å². The van der Waals surface area contributed by atoms with Crippen LogP contribution in [-0.4, -0.2) is 43.8 Å². The van der Waals surface area contributed by atoms with Crippen LogP contribution < -0.4 is 15.4 Å². The zero-order valence-corrected chi connectivity index (χ0v) is 15.1. The average Bonchev–Trinajstić information content (AvgIpc) is 3.11. The first-order valence-electron chi connectivity index (χ1n) is 7.94. The van der Waals surface area contributed by atoms with Gasteiger partial charge >= 0.3 is 0 Å². The highest BCUT2D eigenvalue weighted by molar-refractivity contribution is 7.89. The lowest BCUT2D eigenvalue weighted by Gasteiger charge is -2.08. The van der Waals surface area contributed by atoms with Crippen LogP contribution in [0.5, 0.6) is 0 Å². The third kappa shape index (κ3) is 4.13. The summed E-state index contributed by atoms with van der Waals surface area (Å²) >= 11 is 0. The van der Waals surface area contributed by atoms with Crippen LogP contribution in [0.15, 0.2) is 53.7 Å². The molecule has 0 unspecified atom stereocenters. The van der Waals surface area contributed by atoms with Gasteiger partial charge in [-0.15, -0.1) is 0 Å². The highest BCUT2D eigenvalue weighted by atomic mass is 32.2. The molecule has 3 aromatic rings. The van der Waals surface area contributed by atoms with Gasteiger partial charge in [-0.1, -0.05) is 0 Å². The van der Waals surface area contributed by atoms with Gasteiger partial charge in [0.25, 0.3) is 5.91 Å². The van der Waals surface area contributed by atoms with Gasteiger partial charge in [0.15, 0.2) is 0 Å². The third-order valence-corrected chi connectivity index (χ3v) is 5.22. The van der Waals surface area contributed by atoms with Gasteiger partial charge in [-0.25, -0.2) is 18.1 Å². The van der Waals surface area contributed by atoms with Crippen molar-refractivity contribution in [3.63, 3.8) is 0 Å². The van der Waals surface area contributed by atoms with Crippen molar-refractivity contribution in [3.05, 3.63) is 54.4 Å². The van der Waals surface area contributed by atoms with Gasteiger partial charge in [-0.3, -0.25) is 9.59 Å². The second kappa shape index (κ2) is 7.56. The Balaban J connectivity index is 1.64. The number of benzene rings is 1. The maximum atomic E-state index is 12.4. The molecule has 0 bridgehead atoms. The van der Waals surface area contributed by atoms with Crippen molar-refractivity contribution in [3.8, 4) is 0 Å². The van der Waals surface area contributed by atoms with Crippen LogP contribution in [0.1, 0.15) is 10.4 Å². The molecule has 2 amide bonds. The molecule has 0 aliphatic heterocycles. The number of aromatic amines is 1. The maximum absolute atomic E-state index is 12.4. The summed E-state index contributed by atoms with van der Waals surface area (Å²) in [7, 11) is -2.37. The van der Waals surface area contributed by atoms with Gasteiger partial charge in [0.1, 0.15) is 10.5 Å². The third-order valence-electron chi connectivity index (χ3n) is 3.78. The predicted octanol–water partition coefficient (Wildman–Crippen LogP) is 0.840. The Morgan fingerprint density at radius 2 is 1.89 bits per heavy atom. The van der Waals surface area contributed by atoms with Crippen LogP contribution in [0.4, 0.5) is 5.69 Å². The Hall–Kier alpha value is -3.24. The lowest BCUT2D eigenvalue weighted by molar-refractivity contribution is -0.115. The SMILES string of the molecule is CNC(=O)c1ccc(NC(=O)CNS(=O)(=O)c2c[nH]c3ncccc23)cc1. The Morgan fingerprint density at radius 1 is 1.15 bits per heavy atom. The number of hydrogen-bond acceptors (Lipinski definition) is 5. The number of amides is 2. The minimum absolute atomic E-state index is 0.0216. The molecule has 0 fully saturated rings. The summed E-state index contributed by atoms with van der Waals surface area (Å²) in [5.74, 6) is -0.780. The van der Waals surface area contributed by atoms with Crippen LogP contribution in [0.3, 0.4) is 0 Å². The normalized spacial score (nSPS) is 11.3. The molecule has 0 radical (unpaired) electrons. The molecule has 0 saturated heterocycles. The van der Waals surface area contributed by atoms with E-state index in [2.05, 4.69) is 25.3 Å². The molecule has 27 heavy (non-hydrogen) atoms. The molecule has 3 rings (SSSR count). The van der Waals surface area contributed by atoms with Gasteiger partial charge in [0.2, 0.25) is 15.9 Å². The van der Waals surface area contributed by atoms with Crippen molar-refractivity contribution in [1.82, 2.24) is 20.0 Å². The van der Waals surface area contributed by atoms with Gasteiger partial charge in [0, 0.05) is 36.1 Å². The number of rotatable bonds is 6. The maximum Gasteiger partial charge on any atom is 0.251 e. The van der Waals surface area contributed by atoms with E-state index in [9.17, 15) is 18.0 Å². The largest absolute Gasteiger partial charge is 0.355 e. The second-order valence-corrected chi connectivity index (χ2v) is 7.32. The Bertz CT molecular complexity index is 1090. The van der Waals surface area contributed by atoms with E-state index in [-0.39, 0.29) is 10.8 Å². The van der Waals surface area contributed by atoms with E-state index in [1.165, 1.54) is 13.2 Å². The minimum atomic E-state index is -3.89. The molecule has 0 saturated carbocycles. The molecule has 4 N–H and O–H groups in total. The quantitative estimate of drug-likeness (QED) is 0.497.